The van der Waals surface area contributed by atoms with Crippen molar-refractivity contribution in [2.24, 2.45) is 5.73 Å². The molecule has 7 aliphatic heterocycles. The van der Waals surface area contributed by atoms with Crippen molar-refractivity contribution in [2.75, 3.05) is 50.1 Å². The minimum Gasteiger partial charge on any atom is -0.456 e. The smallest absolute Gasteiger partial charge is 0.340 e. The molecule has 7 aliphatic rings. The van der Waals surface area contributed by atoms with Crippen LogP contribution in [0.3, 0.4) is 0 Å². The van der Waals surface area contributed by atoms with Crippen LogP contribution in [-0.2, 0) is 10.3 Å². The Kier molecular flexibility index (Phi) is 4.82. The summed E-state index contributed by atoms with van der Waals surface area (Å²) in [4.78, 5) is 35.5. The quantitative estimate of drug-likeness (QED) is 0.486. The first-order chi connectivity index (χ1) is 20.3. The molecule has 7 heterocycles. The summed E-state index contributed by atoms with van der Waals surface area (Å²) in [5.41, 5.74) is 9.61. The number of carbonyl (C=O) groups is 2. The van der Waals surface area contributed by atoms with Gasteiger partial charge in [0.1, 0.15) is 11.5 Å². The number of anilines is 2. The fourth-order valence-electron chi connectivity index (χ4n) is 8.66. The lowest BCUT2D eigenvalue weighted by Gasteiger charge is -2.57. The topological polar surface area (TPSA) is 91.6 Å². The molecule has 4 bridgehead atoms. The fraction of sp³-hybridized carbons (Fsp3) is 0.394. The standard InChI is InChI=1S/C33H33N5O4/c1-35-14-21-10-22(15-35)37(21)19-4-7-26-29(12-19)41-30-13-20(38-23-11-24(38)17-36(2)16-23)5-8-27(30)33(26)28-9-18(31(34)39)3-6-25(28)32(40)42-33/h3-9,12-13,21-24H,10-11,14-17H2,1-2H3,(H2,34,39). The Balaban J connectivity index is 1.21. The Bertz CT molecular complexity index is 1600. The van der Waals surface area contributed by atoms with E-state index in [-0.39, 0.29) is 0 Å². The molecule has 10 rings (SSSR count). The number of fused-ring (bicyclic) bond motifs is 10. The summed E-state index contributed by atoms with van der Waals surface area (Å²) >= 11 is 0. The zero-order valence-electron chi connectivity index (χ0n) is 23.7. The van der Waals surface area contributed by atoms with Crippen LogP contribution in [0.1, 0.15) is 50.2 Å². The summed E-state index contributed by atoms with van der Waals surface area (Å²) in [5.74, 6) is 0.371. The molecule has 5 saturated heterocycles. The van der Waals surface area contributed by atoms with E-state index < -0.39 is 17.5 Å². The third-order valence-electron chi connectivity index (χ3n) is 10.4. The summed E-state index contributed by atoms with van der Waals surface area (Å²) in [5, 5.41) is 0. The number of carbonyl (C=O) groups excluding carboxylic acids is 2. The third kappa shape index (κ3) is 3.15. The van der Waals surface area contributed by atoms with Crippen LogP contribution < -0.4 is 20.3 Å². The maximum atomic E-state index is 13.4. The SMILES string of the molecule is CN1CC2CC(C1)N2c1ccc2c(c1)Oc1cc(N3C4CC3CN(C)C4)ccc1C21OC(=O)c2ccc(C(N)=O)cc21. The fourth-order valence-corrected chi connectivity index (χ4v) is 8.66. The minimum atomic E-state index is -1.24. The number of likely N-dealkylation sites (N-methyl/N-ethyl adjacent to an activating group) is 2. The maximum Gasteiger partial charge on any atom is 0.340 e. The second-order valence-electron chi connectivity index (χ2n) is 13.0. The molecule has 1 spiro atoms. The Morgan fingerprint density at radius 3 is 1.79 bits per heavy atom. The molecule has 4 unspecified atom stereocenters. The number of piperazine rings is 2. The van der Waals surface area contributed by atoms with Gasteiger partial charge in [0.15, 0.2) is 5.60 Å². The summed E-state index contributed by atoms with van der Waals surface area (Å²) in [6.45, 7) is 4.16. The van der Waals surface area contributed by atoms with E-state index in [1.807, 2.05) is 12.1 Å². The number of likely N-dealkylation sites (tertiary alicyclic amines) is 1. The van der Waals surface area contributed by atoms with Gasteiger partial charge in [-0.05, 0) is 69.4 Å². The normalized spacial score (nSPS) is 30.5. The van der Waals surface area contributed by atoms with Gasteiger partial charge in [0.2, 0.25) is 5.91 Å². The van der Waals surface area contributed by atoms with Crippen LogP contribution in [0.25, 0.3) is 0 Å². The van der Waals surface area contributed by atoms with E-state index in [1.165, 1.54) is 12.8 Å². The first kappa shape index (κ1) is 24.5. The molecule has 0 radical (unpaired) electrons. The molecule has 3 aromatic rings. The molecule has 9 nitrogen and oxygen atoms in total. The molecule has 1 amide bonds. The van der Waals surface area contributed by atoms with Crippen molar-refractivity contribution < 1.29 is 19.1 Å². The Morgan fingerprint density at radius 1 is 0.762 bits per heavy atom. The average molecular weight is 564 g/mol. The van der Waals surface area contributed by atoms with Gasteiger partial charge in [-0.25, -0.2) is 4.79 Å². The first-order valence-electron chi connectivity index (χ1n) is 14.9. The molecule has 0 aliphatic carbocycles. The van der Waals surface area contributed by atoms with Crippen LogP contribution >= 0.6 is 0 Å². The van der Waals surface area contributed by atoms with Crippen molar-refractivity contribution in [1.29, 1.82) is 0 Å². The van der Waals surface area contributed by atoms with Crippen molar-refractivity contribution in [3.63, 3.8) is 0 Å². The summed E-state index contributed by atoms with van der Waals surface area (Å²) < 4.78 is 13.1. The second-order valence-corrected chi connectivity index (χ2v) is 13.0. The first-order valence-corrected chi connectivity index (χ1v) is 14.9. The van der Waals surface area contributed by atoms with Gasteiger partial charge in [0, 0.05) is 96.1 Å². The van der Waals surface area contributed by atoms with E-state index in [2.05, 4.69) is 58.0 Å². The van der Waals surface area contributed by atoms with E-state index >= 15 is 0 Å². The molecule has 5 fully saturated rings. The van der Waals surface area contributed by atoms with Gasteiger partial charge in [-0.1, -0.05) is 0 Å². The number of hydrogen-bond acceptors (Lipinski definition) is 8. The van der Waals surface area contributed by atoms with Crippen LogP contribution in [0.4, 0.5) is 11.4 Å². The van der Waals surface area contributed by atoms with Gasteiger partial charge in [0.05, 0.1) is 5.56 Å². The Hall–Kier alpha value is -4.08. The van der Waals surface area contributed by atoms with Crippen molar-refractivity contribution >= 4 is 23.3 Å². The number of benzene rings is 3. The monoisotopic (exact) mass is 563 g/mol. The number of nitrogens with zero attached hydrogens (tertiary/aromatic N) is 4. The molecule has 9 heteroatoms. The number of ether oxygens (including phenoxy) is 2. The summed E-state index contributed by atoms with van der Waals surface area (Å²) in [6, 6.07) is 19.4. The lowest BCUT2D eigenvalue weighted by atomic mass is 9.76. The van der Waals surface area contributed by atoms with E-state index in [9.17, 15) is 9.59 Å². The van der Waals surface area contributed by atoms with E-state index in [1.54, 1.807) is 18.2 Å². The average Bonchev–Trinajstić information content (AvgIpc) is 3.24. The second kappa shape index (κ2) is 8.26. The van der Waals surface area contributed by atoms with Crippen molar-refractivity contribution in [1.82, 2.24) is 9.80 Å². The van der Waals surface area contributed by atoms with Gasteiger partial charge >= 0.3 is 5.97 Å². The Labute approximate surface area is 244 Å². The van der Waals surface area contributed by atoms with Crippen LogP contribution in [0.15, 0.2) is 54.6 Å². The van der Waals surface area contributed by atoms with E-state index in [0.717, 1.165) is 48.7 Å². The number of primary amides is 1. The molecular weight excluding hydrogens is 530 g/mol. The highest BCUT2D eigenvalue weighted by Gasteiger charge is 2.55. The highest BCUT2D eigenvalue weighted by atomic mass is 16.6. The Morgan fingerprint density at radius 2 is 1.29 bits per heavy atom. The van der Waals surface area contributed by atoms with Crippen molar-refractivity contribution in [3.05, 3.63) is 82.4 Å². The molecule has 214 valence electrons. The lowest BCUT2D eigenvalue weighted by Crippen LogP contribution is -2.68. The molecule has 2 N–H and O–H groups in total. The number of hydrogen-bond donors (Lipinski definition) is 1. The van der Waals surface area contributed by atoms with Gasteiger partial charge in [-0.3, -0.25) is 4.79 Å². The number of esters is 1. The van der Waals surface area contributed by atoms with Crippen molar-refractivity contribution in [2.45, 2.75) is 42.6 Å². The van der Waals surface area contributed by atoms with Crippen LogP contribution in [0, 0.1) is 0 Å². The minimum absolute atomic E-state index is 0.337. The molecule has 4 atom stereocenters. The number of nitrogens with two attached hydrogens (primary N) is 1. The number of piperidine rings is 2. The van der Waals surface area contributed by atoms with E-state index in [0.29, 0.717) is 52.4 Å². The molecule has 42 heavy (non-hydrogen) atoms. The highest BCUT2D eigenvalue weighted by molar-refractivity contribution is 6.00. The molecule has 0 saturated carbocycles. The molecular formula is C33H33N5O4. The summed E-state index contributed by atoms with van der Waals surface area (Å²) in [7, 11) is 4.36. The third-order valence-corrected chi connectivity index (χ3v) is 10.4. The summed E-state index contributed by atoms with van der Waals surface area (Å²) in [6.07, 6.45) is 2.40. The predicted molar refractivity (Wildman–Crippen MR) is 158 cm³/mol. The van der Waals surface area contributed by atoms with Crippen molar-refractivity contribution in [3.8, 4) is 11.5 Å². The maximum absolute atomic E-state index is 13.4. The zero-order chi connectivity index (χ0) is 28.5. The highest BCUT2D eigenvalue weighted by Crippen LogP contribution is 2.58. The van der Waals surface area contributed by atoms with Gasteiger partial charge < -0.3 is 34.8 Å². The van der Waals surface area contributed by atoms with Gasteiger partial charge in [-0.15, -0.1) is 0 Å². The van der Waals surface area contributed by atoms with Crippen LogP contribution in [0.2, 0.25) is 0 Å². The van der Waals surface area contributed by atoms with Crippen LogP contribution in [-0.4, -0.2) is 86.1 Å². The van der Waals surface area contributed by atoms with E-state index in [4.69, 9.17) is 15.2 Å². The molecule has 0 aromatic heterocycles. The zero-order valence-corrected chi connectivity index (χ0v) is 23.7. The lowest BCUT2D eigenvalue weighted by molar-refractivity contribution is 0.0224. The molecule has 3 aromatic carbocycles. The number of rotatable bonds is 3. The van der Waals surface area contributed by atoms with Crippen LogP contribution in [0.5, 0.6) is 11.5 Å². The largest absolute Gasteiger partial charge is 0.456 e. The van der Waals surface area contributed by atoms with Gasteiger partial charge in [-0.2, -0.15) is 0 Å². The number of amides is 1. The predicted octanol–water partition coefficient (Wildman–Crippen LogP) is 3.14. The van der Waals surface area contributed by atoms with Gasteiger partial charge in [0.25, 0.3) is 0 Å².